The molecule has 0 atom stereocenters. The second kappa shape index (κ2) is 5.68. The van der Waals surface area contributed by atoms with Crippen LogP contribution in [0.5, 0.6) is 5.75 Å². The highest BCUT2D eigenvalue weighted by Gasteiger charge is 2.20. The Kier molecular flexibility index (Phi) is 4.18. The summed E-state index contributed by atoms with van der Waals surface area (Å²) in [5.41, 5.74) is 0. The van der Waals surface area contributed by atoms with Crippen LogP contribution in [0.2, 0.25) is 0 Å². The standard InChI is InChI=1S/C12H12FNO3S2/c1-17-11-5-4-9(13)7-12(11)19(15,16)14-8-10-3-2-6-18-10/h2-7,14H,8H2,1H3. The SMILES string of the molecule is COc1ccc(F)cc1S(=O)(=O)NCc1cccs1. The highest BCUT2D eigenvalue weighted by atomic mass is 32.2. The summed E-state index contributed by atoms with van der Waals surface area (Å²) in [4.78, 5) is 0.672. The van der Waals surface area contributed by atoms with Crippen molar-refractivity contribution in [1.29, 1.82) is 0 Å². The molecule has 0 aliphatic carbocycles. The van der Waals surface area contributed by atoms with E-state index in [1.807, 2.05) is 17.5 Å². The first-order valence-electron chi connectivity index (χ1n) is 5.38. The summed E-state index contributed by atoms with van der Waals surface area (Å²) in [7, 11) is -2.47. The molecule has 0 spiro atoms. The van der Waals surface area contributed by atoms with Crippen LogP contribution in [-0.2, 0) is 16.6 Å². The monoisotopic (exact) mass is 301 g/mol. The van der Waals surface area contributed by atoms with Crippen LogP contribution in [0.3, 0.4) is 0 Å². The van der Waals surface area contributed by atoms with Crippen molar-refractivity contribution >= 4 is 21.4 Å². The van der Waals surface area contributed by atoms with Crippen LogP contribution in [-0.4, -0.2) is 15.5 Å². The van der Waals surface area contributed by atoms with Crippen molar-refractivity contribution in [2.75, 3.05) is 7.11 Å². The van der Waals surface area contributed by atoms with Crippen LogP contribution in [0.25, 0.3) is 0 Å². The van der Waals surface area contributed by atoms with Gasteiger partial charge < -0.3 is 4.74 Å². The average molecular weight is 301 g/mol. The smallest absolute Gasteiger partial charge is 0.244 e. The van der Waals surface area contributed by atoms with Crippen molar-refractivity contribution in [1.82, 2.24) is 4.72 Å². The van der Waals surface area contributed by atoms with Crippen molar-refractivity contribution in [3.63, 3.8) is 0 Å². The molecule has 7 heteroatoms. The van der Waals surface area contributed by atoms with Crippen LogP contribution < -0.4 is 9.46 Å². The van der Waals surface area contributed by atoms with Gasteiger partial charge >= 0.3 is 0 Å². The molecule has 0 saturated heterocycles. The van der Waals surface area contributed by atoms with Gasteiger partial charge in [0.1, 0.15) is 16.5 Å². The summed E-state index contributed by atoms with van der Waals surface area (Å²) >= 11 is 1.44. The van der Waals surface area contributed by atoms with Gasteiger partial charge in [0, 0.05) is 11.4 Å². The molecule has 1 heterocycles. The van der Waals surface area contributed by atoms with E-state index in [4.69, 9.17) is 4.74 Å². The average Bonchev–Trinajstić information content (AvgIpc) is 2.89. The molecular formula is C12H12FNO3S2. The van der Waals surface area contributed by atoms with E-state index in [1.54, 1.807) is 0 Å². The van der Waals surface area contributed by atoms with Crippen LogP contribution in [0.1, 0.15) is 4.88 Å². The molecule has 0 radical (unpaired) electrons. The molecule has 2 aromatic rings. The summed E-state index contributed by atoms with van der Waals surface area (Å²) in [5, 5.41) is 1.85. The first kappa shape index (κ1) is 14.0. The topological polar surface area (TPSA) is 55.4 Å². The Hall–Kier alpha value is -1.44. The molecule has 0 fully saturated rings. The van der Waals surface area contributed by atoms with Gasteiger partial charge in [-0.05, 0) is 29.6 Å². The highest BCUT2D eigenvalue weighted by Crippen LogP contribution is 2.24. The maximum atomic E-state index is 13.2. The molecule has 19 heavy (non-hydrogen) atoms. The van der Waals surface area contributed by atoms with Gasteiger partial charge in [0.05, 0.1) is 7.11 Å². The Bertz CT molecular complexity index is 654. The molecule has 1 aromatic carbocycles. The predicted molar refractivity (Wildman–Crippen MR) is 71.3 cm³/mol. The summed E-state index contributed by atoms with van der Waals surface area (Å²) < 4.78 is 44.8. The summed E-state index contributed by atoms with van der Waals surface area (Å²) in [6.07, 6.45) is 0. The van der Waals surface area contributed by atoms with E-state index in [1.165, 1.54) is 24.5 Å². The molecule has 2 rings (SSSR count). The number of sulfonamides is 1. The molecule has 1 aromatic heterocycles. The number of nitrogens with one attached hydrogen (secondary N) is 1. The van der Waals surface area contributed by atoms with Gasteiger partial charge in [-0.1, -0.05) is 6.07 Å². The molecule has 0 unspecified atom stereocenters. The van der Waals surface area contributed by atoms with Crippen LogP contribution in [0.4, 0.5) is 4.39 Å². The molecule has 0 bridgehead atoms. The van der Waals surface area contributed by atoms with Crippen molar-refractivity contribution in [2.45, 2.75) is 11.4 Å². The van der Waals surface area contributed by atoms with Crippen molar-refractivity contribution < 1.29 is 17.5 Å². The van der Waals surface area contributed by atoms with Crippen molar-refractivity contribution in [3.8, 4) is 5.75 Å². The van der Waals surface area contributed by atoms with E-state index in [-0.39, 0.29) is 17.2 Å². The lowest BCUT2D eigenvalue weighted by Gasteiger charge is -2.10. The largest absolute Gasteiger partial charge is 0.495 e. The van der Waals surface area contributed by atoms with E-state index >= 15 is 0 Å². The Morgan fingerprint density at radius 1 is 1.37 bits per heavy atom. The first-order chi connectivity index (χ1) is 9.03. The lowest BCUT2D eigenvalue weighted by atomic mass is 10.3. The van der Waals surface area contributed by atoms with Crippen molar-refractivity contribution in [3.05, 3.63) is 46.4 Å². The minimum atomic E-state index is -3.81. The van der Waals surface area contributed by atoms with Crippen LogP contribution in [0, 0.1) is 5.82 Å². The van der Waals surface area contributed by atoms with Gasteiger partial charge in [-0.3, -0.25) is 0 Å². The summed E-state index contributed by atoms with van der Waals surface area (Å²) in [6, 6.07) is 7.02. The zero-order chi connectivity index (χ0) is 13.9. The van der Waals surface area contributed by atoms with E-state index < -0.39 is 15.8 Å². The minimum absolute atomic E-state index is 0.111. The van der Waals surface area contributed by atoms with Gasteiger partial charge in [-0.25, -0.2) is 17.5 Å². The maximum absolute atomic E-state index is 13.2. The number of hydrogen-bond donors (Lipinski definition) is 1. The second-order valence-electron chi connectivity index (χ2n) is 3.70. The Balaban J connectivity index is 2.26. The molecule has 0 amide bonds. The number of benzene rings is 1. The molecule has 4 nitrogen and oxygen atoms in total. The number of thiophene rings is 1. The zero-order valence-electron chi connectivity index (χ0n) is 10.1. The molecule has 102 valence electrons. The van der Waals surface area contributed by atoms with Gasteiger partial charge in [-0.15, -0.1) is 11.3 Å². The number of hydrogen-bond acceptors (Lipinski definition) is 4. The molecule has 0 aliphatic rings. The lowest BCUT2D eigenvalue weighted by molar-refractivity contribution is 0.400. The van der Waals surface area contributed by atoms with E-state index in [9.17, 15) is 12.8 Å². The summed E-state index contributed by atoms with van der Waals surface area (Å²) in [6.45, 7) is 0.166. The maximum Gasteiger partial charge on any atom is 0.244 e. The normalized spacial score (nSPS) is 11.5. The van der Waals surface area contributed by atoms with Gasteiger partial charge in [0.15, 0.2) is 0 Å². The number of ether oxygens (including phenoxy) is 1. The Labute approximate surface area is 114 Å². The van der Waals surface area contributed by atoms with Crippen LogP contribution in [0.15, 0.2) is 40.6 Å². The summed E-state index contributed by atoms with van der Waals surface area (Å²) in [5.74, 6) is -0.516. The molecule has 1 N–H and O–H groups in total. The second-order valence-corrected chi connectivity index (χ2v) is 6.47. The Morgan fingerprint density at radius 2 is 2.16 bits per heavy atom. The first-order valence-corrected chi connectivity index (χ1v) is 7.75. The Morgan fingerprint density at radius 3 is 2.79 bits per heavy atom. The van der Waals surface area contributed by atoms with E-state index in [2.05, 4.69) is 4.72 Å². The fourth-order valence-corrected chi connectivity index (χ4v) is 3.44. The van der Waals surface area contributed by atoms with Gasteiger partial charge in [0.2, 0.25) is 10.0 Å². The van der Waals surface area contributed by atoms with Crippen LogP contribution >= 0.6 is 11.3 Å². The lowest BCUT2D eigenvalue weighted by Crippen LogP contribution is -2.23. The third-order valence-corrected chi connectivity index (χ3v) is 4.73. The molecular weight excluding hydrogens is 289 g/mol. The predicted octanol–water partition coefficient (Wildman–Crippen LogP) is 2.37. The minimum Gasteiger partial charge on any atom is -0.495 e. The fourth-order valence-electron chi connectivity index (χ4n) is 1.52. The third kappa shape index (κ3) is 3.31. The third-order valence-electron chi connectivity index (χ3n) is 2.43. The number of methoxy groups -OCH3 is 1. The van der Waals surface area contributed by atoms with E-state index in [0.29, 0.717) is 0 Å². The fraction of sp³-hybridized carbons (Fsp3) is 0.167. The highest BCUT2D eigenvalue weighted by molar-refractivity contribution is 7.89. The zero-order valence-corrected chi connectivity index (χ0v) is 11.7. The molecule has 0 aliphatic heterocycles. The molecule has 0 saturated carbocycles. The van der Waals surface area contributed by atoms with Gasteiger partial charge in [-0.2, -0.15) is 0 Å². The quantitative estimate of drug-likeness (QED) is 0.922. The van der Waals surface area contributed by atoms with Gasteiger partial charge in [0.25, 0.3) is 0 Å². The number of halogens is 1. The van der Waals surface area contributed by atoms with Crippen molar-refractivity contribution in [2.24, 2.45) is 0 Å². The number of rotatable bonds is 5. The van der Waals surface area contributed by atoms with E-state index in [0.717, 1.165) is 17.0 Å².